The smallest absolute Gasteiger partial charge is 0.200 e. The molecule has 0 aliphatic heterocycles. The molecule has 0 bridgehead atoms. The maximum atomic E-state index is 4.34. The molecule has 6 nitrogen and oxygen atoms in total. The van der Waals surface area contributed by atoms with Crippen LogP contribution >= 0.6 is 0 Å². The maximum Gasteiger partial charge on any atom is 0.200 e. The zero-order valence-electron chi connectivity index (χ0n) is 9.24. The van der Waals surface area contributed by atoms with Crippen LogP contribution in [-0.2, 0) is 0 Å². The first-order chi connectivity index (χ1) is 7.83. The summed E-state index contributed by atoms with van der Waals surface area (Å²) in [6.07, 6.45) is 4.05. The van der Waals surface area contributed by atoms with E-state index in [-0.39, 0.29) is 0 Å². The summed E-state index contributed by atoms with van der Waals surface area (Å²) < 4.78 is 1.46. The molecule has 6 heteroatoms. The molecule has 0 spiro atoms. The predicted molar refractivity (Wildman–Crippen MR) is 59.2 cm³/mol. The molecule has 0 amide bonds. The molecule has 2 aromatic rings. The van der Waals surface area contributed by atoms with Crippen molar-refractivity contribution < 1.29 is 0 Å². The van der Waals surface area contributed by atoms with Gasteiger partial charge in [-0.05, 0) is 34.9 Å². The van der Waals surface area contributed by atoms with Gasteiger partial charge < -0.3 is 4.90 Å². The van der Waals surface area contributed by atoms with Gasteiger partial charge in [0.25, 0.3) is 0 Å². The van der Waals surface area contributed by atoms with Crippen LogP contribution in [0.25, 0.3) is 5.65 Å². The second-order valence-corrected chi connectivity index (χ2v) is 4.37. The van der Waals surface area contributed by atoms with Gasteiger partial charge in [0.1, 0.15) is 0 Å². The number of hydrogen-bond acceptors (Lipinski definition) is 5. The molecule has 1 aliphatic rings. The summed E-state index contributed by atoms with van der Waals surface area (Å²) in [4.78, 5) is 2.15. The largest absolute Gasteiger partial charge is 0.358 e. The van der Waals surface area contributed by atoms with E-state index in [9.17, 15) is 0 Å². The minimum atomic E-state index is 0.680. The van der Waals surface area contributed by atoms with Crippen molar-refractivity contribution in [1.82, 2.24) is 25.3 Å². The van der Waals surface area contributed by atoms with Gasteiger partial charge in [-0.3, -0.25) is 0 Å². The van der Waals surface area contributed by atoms with E-state index in [1.807, 2.05) is 12.1 Å². The molecule has 2 heterocycles. The summed E-state index contributed by atoms with van der Waals surface area (Å²) in [6, 6.07) is 3.84. The van der Waals surface area contributed by atoms with E-state index in [0.717, 1.165) is 18.3 Å². The van der Waals surface area contributed by atoms with Gasteiger partial charge in [0.2, 0.25) is 0 Å². The van der Waals surface area contributed by atoms with Crippen LogP contribution in [0.2, 0.25) is 0 Å². The Morgan fingerprint density at radius 3 is 3.12 bits per heavy atom. The molecule has 2 aromatic heterocycles. The normalized spacial score (nSPS) is 15.6. The second-order valence-electron chi connectivity index (χ2n) is 4.37. The number of tetrazole rings is 1. The standard InChI is InChI=1S/C10H14N6/c1-15(7-6-8-2-3-8)10-5-4-9-11-13-14-16(9)12-10/h4-5,8H,2-3,6-7H2,1H3. The van der Waals surface area contributed by atoms with E-state index in [1.165, 1.54) is 23.9 Å². The Kier molecular flexibility index (Phi) is 2.19. The van der Waals surface area contributed by atoms with Crippen molar-refractivity contribution in [2.45, 2.75) is 19.3 Å². The van der Waals surface area contributed by atoms with E-state index in [0.29, 0.717) is 5.65 Å². The molecule has 1 aliphatic carbocycles. The predicted octanol–water partition coefficient (Wildman–Crippen LogP) is 0.756. The van der Waals surface area contributed by atoms with Crippen molar-refractivity contribution >= 4 is 11.5 Å². The summed E-state index contributed by atoms with van der Waals surface area (Å²) >= 11 is 0. The average molecular weight is 218 g/mol. The number of fused-ring (bicyclic) bond motifs is 1. The lowest BCUT2D eigenvalue weighted by Crippen LogP contribution is -2.21. The minimum Gasteiger partial charge on any atom is -0.358 e. The molecule has 1 saturated carbocycles. The van der Waals surface area contributed by atoms with Gasteiger partial charge in [0, 0.05) is 13.6 Å². The Bertz CT molecular complexity index is 489. The van der Waals surface area contributed by atoms with Crippen molar-refractivity contribution in [1.29, 1.82) is 0 Å². The van der Waals surface area contributed by atoms with Gasteiger partial charge >= 0.3 is 0 Å². The Balaban J connectivity index is 1.75. The summed E-state index contributed by atoms with van der Waals surface area (Å²) in [5, 5.41) is 15.5. The summed E-state index contributed by atoms with van der Waals surface area (Å²) in [7, 11) is 2.06. The highest BCUT2D eigenvalue weighted by atomic mass is 15.6. The second kappa shape index (κ2) is 3.70. The molecule has 0 radical (unpaired) electrons. The number of nitrogens with zero attached hydrogens (tertiary/aromatic N) is 6. The molecular formula is C10H14N6. The van der Waals surface area contributed by atoms with Crippen LogP contribution < -0.4 is 4.90 Å². The van der Waals surface area contributed by atoms with Crippen LogP contribution in [-0.4, -0.2) is 38.8 Å². The van der Waals surface area contributed by atoms with Crippen molar-refractivity contribution in [2.24, 2.45) is 5.92 Å². The van der Waals surface area contributed by atoms with Crippen LogP contribution in [0.4, 0.5) is 5.82 Å². The number of anilines is 1. The highest BCUT2D eigenvalue weighted by Gasteiger charge is 2.21. The third-order valence-electron chi connectivity index (χ3n) is 3.02. The lowest BCUT2D eigenvalue weighted by molar-refractivity contribution is 0.683. The Hall–Kier alpha value is -1.72. The topological polar surface area (TPSA) is 59.2 Å². The lowest BCUT2D eigenvalue weighted by Gasteiger charge is -2.17. The van der Waals surface area contributed by atoms with E-state index in [2.05, 4.69) is 32.6 Å². The Morgan fingerprint density at radius 2 is 2.31 bits per heavy atom. The van der Waals surface area contributed by atoms with E-state index in [1.54, 1.807) is 0 Å². The highest BCUT2D eigenvalue weighted by molar-refractivity contribution is 5.43. The van der Waals surface area contributed by atoms with Gasteiger partial charge in [0.05, 0.1) is 0 Å². The van der Waals surface area contributed by atoms with Gasteiger partial charge in [0.15, 0.2) is 11.5 Å². The van der Waals surface area contributed by atoms with E-state index >= 15 is 0 Å². The third-order valence-corrected chi connectivity index (χ3v) is 3.02. The van der Waals surface area contributed by atoms with E-state index in [4.69, 9.17) is 0 Å². The molecular weight excluding hydrogens is 204 g/mol. The minimum absolute atomic E-state index is 0.680. The molecule has 84 valence electrons. The summed E-state index contributed by atoms with van der Waals surface area (Å²) in [6.45, 7) is 1.05. The first-order valence-electron chi connectivity index (χ1n) is 5.59. The average Bonchev–Trinajstić information content (AvgIpc) is 3.01. The summed E-state index contributed by atoms with van der Waals surface area (Å²) in [5.74, 6) is 1.86. The van der Waals surface area contributed by atoms with Crippen LogP contribution in [0.3, 0.4) is 0 Å². The monoisotopic (exact) mass is 218 g/mol. The SMILES string of the molecule is CN(CCC1CC1)c1ccc2nnnn2n1. The van der Waals surface area contributed by atoms with Crippen LogP contribution in [0.1, 0.15) is 19.3 Å². The number of aromatic nitrogens is 5. The Labute approximate surface area is 93.2 Å². The number of rotatable bonds is 4. The van der Waals surface area contributed by atoms with Gasteiger partial charge in [-0.1, -0.05) is 12.8 Å². The molecule has 0 atom stereocenters. The molecule has 16 heavy (non-hydrogen) atoms. The summed E-state index contributed by atoms with van der Waals surface area (Å²) in [5.41, 5.74) is 0.680. The molecule has 3 rings (SSSR count). The first kappa shape index (κ1) is 9.50. The zero-order chi connectivity index (χ0) is 11.0. The van der Waals surface area contributed by atoms with Crippen LogP contribution in [0.5, 0.6) is 0 Å². The lowest BCUT2D eigenvalue weighted by atomic mass is 10.3. The zero-order valence-corrected chi connectivity index (χ0v) is 9.24. The van der Waals surface area contributed by atoms with E-state index < -0.39 is 0 Å². The van der Waals surface area contributed by atoms with Gasteiger partial charge in [-0.25, -0.2) is 0 Å². The van der Waals surface area contributed by atoms with Crippen molar-refractivity contribution in [2.75, 3.05) is 18.5 Å². The highest BCUT2D eigenvalue weighted by Crippen LogP contribution is 2.32. The van der Waals surface area contributed by atoms with Crippen LogP contribution in [0.15, 0.2) is 12.1 Å². The van der Waals surface area contributed by atoms with Crippen molar-refractivity contribution in [3.8, 4) is 0 Å². The first-order valence-corrected chi connectivity index (χ1v) is 5.59. The fourth-order valence-electron chi connectivity index (χ4n) is 1.74. The van der Waals surface area contributed by atoms with Gasteiger partial charge in [-0.2, -0.15) is 0 Å². The molecule has 0 unspecified atom stereocenters. The molecule has 1 fully saturated rings. The fourth-order valence-corrected chi connectivity index (χ4v) is 1.74. The quantitative estimate of drug-likeness (QED) is 0.758. The van der Waals surface area contributed by atoms with Crippen molar-refractivity contribution in [3.05, 3.63) is 12.1 Å². The molecule has 0 saturated heterocycles. The van der Waals surface area contributed by atoms with Gasteiger partial charge in [-0.15, -0.1) is 14.8 Å². The molecule has 0 N–H and O–H groups in total. The number of hydrogen-bond donors (Lipinski definition) is 0. The Morgan fingerprint density at radius 1 is 1.44 bits per heavy atom. The fraction of sp³-hybridized carbons (Fsp3) is 0.600. The maximum absolute atomic E-state index is 4.34. The van der Waals surface area contributed by atoms with Crippen molar-refractivity contribution in [3.63, 3.8) is 0 Å². The molecule has 0 aromatic carbocycles. The van der Waals surface area contributed by atoms with Crippen LogP contribution in [0, 0.1) is 5.92 Å². The third kappa shape index (κ3) is 1.82.